The van der Waals surface area contributed by atoms with Gasteiger partial charge in [0.05, 0.1) is 10.7 Å². The summed E-state index contributed by atoms with van der Waals surface area (Å²) >= 11 is 1.64. The first-order valence-electron chi connectivity index (χ1n) is 7.06. The molecule has 21 heavy (non-hydrogen) atoms. The van der Waals surface area contributed by atoms with E-state index in [4.69, 9.17) is 10.5 Å². The molecule has 1 aromatic heterocycles. The van der Waals surface area contributed by atoms with Crippen molar-refractivity contribution in [3.8, 4) is 5.75 Å². The van der Waals surface area contributed by atoms with E-state index in [0.29, 0.717) is 24.7 Å². The van der Waals surface area contributed by atoms with Gasteiger partial charge in [-0.1, -0.05) is 13.8 Å². The molecule has 0 bridgehead atoms. The van der Waals surface area contributed by atoms with Gasteiger partial charge in [-0.05, 0) is 37.1 Å². The normalized spacial score (nSPS) is 12.7. The molecule has 0 aliphatic rings. The standard InChI is InChI=1S/C16H21FN2OS/c1-10(2)16-19-14(9-21-16)8-20-15-5-4-13(17)7-12(15)6-11(3)18/h4-5,7,9-11H,6,8,18H2,1-3H3. The molecule has 2 rings (SSSR count). The molecule has 0 spiro atoms. The van der Waals surface area contributed by atoms with Crippen LogP contribution >= 0.6 is 11.3 Å². The minimum atomic E-state index is -0.270. The average Bonchev–Trinajstić information content (AvgIpc) is 2.86. The number of nitrogens with two attached hydrogens (primary N) is 1. The van der Waals surface area contributed by atoms with Gasteiger partial charge >= 0.3 is 0 Å². The molecule has 2 N–H and O–H groups in total. The van der Waals surface area contributed by atoms with Gasteiger partial charge in [0.15, 0.2) is 0 Å². The topological polar surface area (TPSA) is 48.1 Å². The zero-order valence-electron chi connectivity index (χ0n) is 12.6. The summed E-state index contributed by atoms with van der Waals surface area (Å²) in [5.74, 6) is 0.824. The lowest BCUT2D eigenvalue weighted by molar-refractivity contribution is 0.297. The van der Waals surface area contributed by atoms with Crippen molar-refractivity contribution in [3.63, 3.8) is 0 Å². The molecule has 0 amide bonds. The number of ether oxygens (including phenoxy) is 1. The molecule has 1 atom stereocenters. The van der Waals surface area contributed by atoms with Crippen LogP contribution in [0.1, 0.15) is 43.0 Å². The van der Waals surface area contributed by atoms with E-state index >= 15 is 0 Å². The molecule has 1 heterocycles. The Balaban J connectivity index is 2.08. The van der Waals surface area contributed by atoms with E-state index in [2.05, 4.69) is 18.8 Å². The molecule has 1 aromatic carbocycles. The Morgan fingerprint density at radius 1 is 1.33 bits per heavy atom. The first-order valence-corrected chi connectivity index (χ1v) is 7.94. The summed E-state index contributed by atoms with van der Waals surface area (Å²) in [5.41, 5.74) is 7.50. The fourth-order valence-electron chi connectivity index (χ4n) is 2.00. The highest BCUT2D eigenvalue weighted by molar-refractivity contribution is 7.09. The molecule has 0 aliphatic carbocycles. The van der Waals surface area contributed by atoms with E-state index in [1.54, 1.807) is 17.4 Å². The molecule has 0 fully saturated rings. The average molecular weight is 308 g/mol. The third-order valence-corrected chi connectivity index (χ3v) is 4.20. The minimum Gasteiger partial charge on any atom is -0.487 e. The Labute approximate surface area is 129 Å². The van der Waals surface area contributed by atoms with Gasteiger partial charge in [0, 0.05) is 17.3 Å². The predicted molar refractivity (Wildman–Crippen MR) is 84.3 cm³/mol. The number of aromatic nitrogens is 1. The number of halogens is 1. The molecule has 5 heteroatoms. The quantitative estimate of drug-likeness (QED) is 0.881. The van der Waals surface area contributed by atoms with Gasteiger partial charge in [-0.2, -0.15) is 0 Å². The van der Waals surface area contributed by atoms with Gasteiger partial charge in [-0.3, -0.25) is 0 Å². The van der Waals surface area contributed by atoms with Gasteiger partial charge in [0.25, 0.3) is 0 Å². The number of hydrogen-bond acceptors (Lipinski definition) is 4. The fraction of sp³-hybridized carbons (Fsp3) is 0.438. The van der Waals surface area contributed by atoms with Crippen molar-refractivity contribution in [1.29, 1.82) is 0 Å². The van der Waals surface area contributed by atoms with E-state index in [0.717, 1.165) is 16.3 Å². The van der Waals surface area contributed by atoms with Crippen molar-refractivity contribution in [2.75, 3.05) is 0 Å². The summed E-state index contributed by atoms with van der Waals surface area (Å²) in [5, 5.41) is 3.10. The molecule has 114 valence electrons. The van der Waals surface area contributed by atoms with Gasteiger partial charge < -0.3 is 10.5 Å². The number of hydrogen-bond donors (Lipinski definition) is 1. The molecule has 2 aromatic rings. The molecule has 0 saturated heterocycles. The van der Waals surface area contributed by atoms with Gasteiger partial charge in [-0.15, -0.1) is 11.3 Å². The van der Waals surface area contributed by atoms with E-state index in [1.807, 2.05) is 12.3 Å². The molecule has 3 nitrogen and oxygen atoms in total. The maximum Gasteiger partial charge on any atom is 0.131 e. The first kappa shape index (κ1) is 15.9. The van der Waals surface area contributed by atoms with Crippen LogP contribution in [0.15, 0.2) is 23.6 Å². The van der Waals surface area contributed by atoms with Crippen LogP contribution in [0, 0.1) is 5.82 Å². The highest BCUT2D eigenvalue weighted by Crippen LogP contribution is 2.24. The molecule has 1 unspecified atom stereocenters. The summed E-state index contributed by atoms with van der Waals surface area (Å²) < 4.78 is 19.1. The van der Waals surface area contributed by atoms with Crippen LogP contribution in [0.5, 0.6) is 5.75 Å². The van der Waals surface area contributed by atoms with E-state index in [1.165, 1.54) is 12.1 Å². The van der Waals surface area contributed by atoms with Crippen LogP contribution in [0.25, 0.3) is 0 Å². The zero-order valence-corrected chi connectivity index (χ0v) is 13.4. The highest BCUT2D eigenvalue weighted by atomic mass is 32.1. The lowest BCUT2D eigenvalue weighted by Gasteiger charge is -2.12. The van der Waals surface area contributed by atoms with E-state index in [-0.39, 0.29) is 11.9 Å². The van der Waals surface area contributed by atoms with Crippen molar-refractivity contribution >= 4 is 11.3 Å². The smallest absolute Gasteiger partial charge is 0.131 e. The molecular weight excluding hydrogens is 287 g/mol. The Hall–Kier alpha value is -1.46. The Bertz CT molecular complexity index is 596. The SMILES string of the molecule is CC(N)Cc1cc(F)ccc1OCc1csc(C(C)C)n1. The van der Waals surface area contributed by atoms with Crippen LogP contribution in [0.3, 0.4) is 0 Å². The van der Waals surface area contributed by atoms with Crippen LogP contribution in [0.4, 0.5) is 4.39 Å². The Morgan fingerprint density at radius 2 is 2.10 bits per heavy atom. The number of thiazole rings is 1. The van der Waals surface area contributed by atoms with Crippen molar-refractivity contribution in [3.05, 3.63) is 45.7 Å². The van der Waals surface area contributed by atoms with Crippen LogP contribution < -0.4 is 10.5 Å². The lowest BCUT2D eigenvalue weighted by atomic mass is 10.1. The minimum absolute atomic E-state index is 0.0408. The van der Waals surface area contributed by atoms with E-state index < -0.39 is 0 Å². The third-order valence-electron chi connectivity index (χ3n) is 3.00. The predicted octanol–water partition coefficient (Wildman–Crippen LogP) is 3.87. The molecular formula is C16H21FN2OS. The summed E-state index contributed by atoms with van der Waals surface area (Å²) in [6.07, 6.45) is 0.585. The summed E-state index contributed by atoms with van der Waals surface area (Å²) in [6, 6.07) is 4.50. The van der Waals surface area contributed by atoms with Crippen molar-refractivity contribution < 1.29 is 9.13 Å². The monoisotopic (exact) mass is 308 g/mol. The van der Waals surface area contributed by atoms with Gasteiger partial charge in [0.2, 0.25) is 0 Å². The molecule has 0 saturated carbocycles. The largest absolute Gasteiger partial charge is 0.487 e. The van der Waals surface area contributed by atoms with Crippen LogP contribution in [-0.2, 0) is 13.0 Å². The summed E-state index contributed by atoms with van der Waals surface area (Å²) in [6.45, 7) is 6.51. The first-order chi connectivity index (χ1) is 9.95. The number of nitrogens with zero attached hydrogens (tertiary/aromatic N) is 1. The fourth-order valence-corrected chi connectivity index (χ4v) is 2.82. The van der Waals surface area contributed by atoms with Crippen molar-refractivity contribution in [2.24, 2.45) is 5.73 Å². The second-order valence-corrected chi connectivity index (χ2v) is 6.44. The summed E-state index contributed by atoms with van der Waals surface area (Å²) in [7, 11) is 0. The van der Waals surface area contributed by atoms with Gasteiger partial charge in [0.1, 0.15) is 18.2 Å². The summed E-state index contributed by atoms with van der Waals surface area (Å²) in [4.78, 5) is 4.53. The van der Waals surface area contributed by atoms with Crippen molar-refractivity contribution in [1.82, 2.24) is 4.98 Å². The zero-order chi connectivity index (χ0) is 15.4. The molecule has 0 aliphatic heterocycles. The third kappa shape index (κ3) is 4.51. The lowest BCUT2D eigenvalue weighted by Crippen LogP contribution is -2.18. The van der Waals surface area contributed by atoms with Gasteiger partial charge in [-0.25, -0.2) is 9.37 Å². The second kappa shape index (κ2) is 7.00. The van der Waals surface area contributed by atoms with Crippen LogP contribution in [-0.4, -0.2) is 11.0 Å². The number of rotatable bonds is 6. The second-order valence-electron chi connectivity index (χ2n) is 5.55. The van der Waals surface area contributed by atoms with E-state index in [9.17, 15) is 4.39 Å². The molecule has 0 radical (unpaired) electrons. The Kier molecular flexibility index (Phi) is 5.31. The van der Waals surface area contributed by atoms with Crippen LogP contribution in [0.2, 0.25) is 0 Å². The van der Waals surface area contributed by atoms with Crippen molar-refractivity contribution in [2.45, 2.75) is 45.8 Å². The number of benzene rings is 1. The maximum absolute atomic E-state index is 13.3. The maximum atomic E-state index is 13.3. The Morgan fingerprint density at radius 3 is 2.71 bits per heavy atom. The highest BCUT2D eigenvalue weighted by Gasteiger charge is 2.10.